The van der Waals surface area contributed by atoms with Crippen molar-refractivity contribution < 1.29 is 0 Å². The fraction of sp³-hybridized carbons (Fsp3) is 1.00. The molecule has 0 amide bonds. The van der Waals surface area contributed by atoms with Gasteiger partial charge in [0.05, 0.1) is 0 Å². The first-order valence-electron chi connectivity index (χ1n) is 14.9. The molecule has 0 aromatic carbocycles. The van der Waals surface area contributed by atoms with Crippen molar-refractivity contribution in [2.24, 2.45) is 0 Å². The zero-order valence-corrected chi connectivity index (χ0v) is 23.4. The van der Waals surface area contributed by atoms with Gasteiger partial charge in [-0.15, -0.1) is 0 Å². The van der Waals surface area contributed by atoms with Crippen LogP contribution in [0.5, 0.6) is 0 Å². The molecule has 31 heavy (non-hydrogen) atoms. The minimum absolute atomic E-state index is 0.943. The molecule has 0 spiro atoms. The van der Waals surface area contributed by atoms with E-state index in [9.17, 15) is 0 Å². The fourth-order valence-corrected chi connectivity index (χ4v) is 6.49. The van der Waals surface area contributed by atoms with E-state index in [4.69, 9.17) is 0 Å². The lowest BCUT2D eigenvalue weighted by Crippen LogP contribution is -2.12. The summed E-state index contributed by atoms with van der Waals surface area (Å²) in [5.41, 5.74) is 0. The van der Waals surface area contributed by atoms with Crippen molar-refractivity contribution in [1.82, 2.24) is 0 Å². The highest BCUT2D eigenvalue weighted by molar-refractivity contribution is 8.00. The molecule has 0 aliphatic rings. The monoisotopic (exact) mass is 454 g/mol. The van der Waals surface area contributed by atoms with Crippen LogP contribution < -0.4 is 0 Å². The summed E-state index contributed by atoms with van der Waals surface area (Å²) >= 11 is 2.43. The lowest BCUT2D eigenvalue weighted by Gasteiger charge is -2.24. The molecule has 0 N–H and O–H groups in total. The van der Waals surface area contributed by atoms with Crippen molar-refractivity contribution >= 4 is 11.8 Å². The molecule has 0 bridgehead atoms. The lowest BCUT2D eigenvalue weighted by atomic mass is 10.0. The lowest BCUT2D eigenvalue weighted by molar-refractivity contribution is 0.536. The molecule has 0 radical (unpaired) electrons. The maximum absolute atomic E-state index is 2.43. The molecule has 1 heteroatoms. The predicted molar refractivity (Wildman–Crippen MR) is 149 cm³/mol. The summed E-state index contributed by atoms with van der Waals surface area (Å²) in [4.78, 5) is 0. The Bertz CT molecular complexity index is 284. The highest BCUT2D eigenvalue weighted by Gasteiger charge is 2.17. The number of rotatable bonds is 26. The van der Waals surface area contributed by atoms with Gasteiger partial charge in [0.15, 0.2) is 0 Å². The third kappa shape index (κ3) is 23.3. The summed E-state index contributed by atoms with van der Waals surface area (Å²) in [6.45, 7) is 9.35. The second-order valence-electron chi connectivity index (χ2n) is 10.2. The molecule has 0 aromatic heterocycles. The molecular formula is C30H62S. The molecule has 0 fully saturated rings. The van der Waals surface area contributed by atoms with Gasteiger partial charge in [-0.3, -0.25) is 0 Å². The molecule has 0 aliphatic heterocycles. The Morgan fingerprint density at radius 2 is 0.548 bits per heavy atom. The Morgan fingerprint density at radius 1 is 0.323 bits per heavy atom. The average Bonchev–Trinajstić information content (AvgIpc) is 2.77. The van der Waals surface area contributed by atoms with Gasteiger partial charge in [-0.25, -0.2) is 0 Å². The summed E-state index contributed by atoms with van der Waals surface area (Å²) in [7, 11) is 0. The Labute approximate surface area is 203 Å². The van der Waals surface area contributed by atoms with Crippen molar-refractivity contribution in [3.05, 3.63) is 0 Å². The summed E-state index contributed by atoms with van der Waals surface area (Å²) in [6, 6.07) is 0. The van der Waals surface area contributed by atoms with Crippen LogP contribution in [0.3, 0.4) is 0 Å². The van der Waals surface area contributed by atoms with Gasteiger partial charge >= 0.3 is 0 Å². The van der Waals surface area contributed by atoms with Gasteiger partial charge in [-0.1, -0.05) is 156 Å². The van der Waals surface area contributed by atoms with E-state index in [2.05, 4.69) is 39.5 Å². The first-order chi connectivity index (χ1) is 15.3. The summed E-state index contributed by atoms with van der Waals surface area (Å²) < 4.78 is 0. The van der Waals surface area contributed by atoms with E-state index in [-0.39, 0.29) is 0 Å². The third-order valence-electron chi connectivity index (χ3n) is 6.90. The van der Waals surface area contributed by atoms with E-state index in [1.807, 2.05) is 0 Å². The first kappa shape index (κ1) is 31.4. The molecule has 0 heterocycles. The van der Waals surface area contributed by atoms with Gasteiger partial charge in [-0.05, 0) is 25.7 Å². The Balaban J connectivity index is 4.34. The molecule has 2 unspecified atom stereocenters. The SMILES string of the molecule is CCCCCCCCCC(CCCCC)SC(CCCCC)CCCCCCCCC. The predicted octanol–water partition coefficient (Wildman–Crippen LogP) is 11.9. The minimum atomic E-state index is 0.943. The summed E-state index contributed by atoms with van der Waals surface area (Å²) in [6.07, 6.45) is 34.8. The van der Waals surface area contributed by atoms with Gasteiger partial charge in [0.1, 0.15) is 0 Å². The van der Waals surface area contributed by atoms with Crippen molar-refractivity contribution in [3.8, 4) is 0 Å². The van der Waals surface area contributed by atoms with Gasteiger partial charge in [-0.2, -0.15) is 11.8 Å². The van der Waals surface area contributed by atoms with Gasteiger partial charge in [0, 0.05) is 10.5 Å². The van der Waals surface area contributed by atoms with Gasteiger partial charge in [0.2, 0.25) is 0 Å². The van der Waals surface area contributed by atoms with Crippen molar-refractivity contribution in [2.45, 2.75) is 192 Å². The third-order valence-corrected chi connectivity index (χ3v) is 8.62. The van der Waals surface area contributed by atoms with Crippen LogP contribution in [0.1, 0.15) is 182 Å². The Hall–Kier alpha value is 0.350. The summed E-state index contributed by atoms with van der Waals surface area (Å²) in [5, 5.41) is 1.89. The highest BCUT2D eigenvalue weighted by atomic mass is 32.2. The summed E-state index contributed by atoms with van der Waals surface area (Å²) in [5.74, 6) is 0. The van der Waals surface area contributed by atoms with Gasteiger partial charge in [0.25, 0.3) is 0 Å². The topological polar surface area (TPSA) is 0 Å². The van der Waals surface area contributed by atoms with Crippen LogP contribution in [0, 0.1) is 0 Å². The molecule has 0 aliphatic carbocycles. The Kier molecular flexibility index (Phi) is 26.9. The smallest absolute Gasteiger partial charge is 0.00498 e. The second-order valence-corrected chi connectivity index (χ2v) is 11.8. The van der Waals surface area contributed by atoms with E-state index in [0.717, 1.165) is 10.5 Å². The van der Waals surface area contributed by atoms with E-state index < -0.39 is 0 Å². The van der Waals surface area contributed by atoms with E-state index >= 15 is 0 Å². The number of thioether (sulfide) groups is 1. The molecule has 0 nitrogen and oxygen atoms in total. The molecule has 0 aromatic rings. The quantitative estimate of drug-likeness (QED) is 0.117. The van der Waals surface area contributed by atoms with Crippen LogP contribution >= 0.6 is 11.8 Å². The first-order valence-corrected chi connectivity index (χ1v) is 15.9. The number of unbranched alkanes of at least 4 members (excludes halogenated alkanes) is 16. The standard InChI is InChI=1S/C30H62S/c1-5-9-13-15-17-19-23-27-29(25-21-11-7-3)31-30(26-22-12-8-4)28-24-20-18-16-14-10-6-2/h29-30H,5-28H2,1-4H3. The molecule has 0 saturated carbocycles. The van der Waals surface area contributed by atoms with Crippen molar-refractivity contribution in [3.63, 3.8) is 0 Å². The Morgan fingerprint density at radius 3 is 0.871 bits per heavy atom. The minimum Gasteiger partial charge on any atom is -0.155 e. The highest BCUT2D eigenvalue weighted by Crippen LogP contribution is 2.33. The van der Waals surface area contributed by atoms with Crippen LogP contribution in [0.15, 0.2) is 0 Å². The van der Waals surface area contributed by atoms with Crippen molar-refractivity contribution in [2.75, 3.05) is 0 Å². The molecule has 0 saturated heterocycles. The molecule has 0 rings (SSSR count). The average molecular weight is 455 g/mol. The van der Waals surface area contributed by atoms with E-state index in [1.165, 1.54) is 154 Å². The maximum Gasteiger partial charge on any atom is 0.00498 e. The van der Waals surface area contributed by atoms with Crippen LogP contribution in [0.25, 0.3) is 0 Å². The largest absolute Gasteiger partial charge is 0.155 e. The zero-order valence-electron chi connectivity index (χ0n) is 22.5. The zero-order chi connectivity index (χ0) is 22.8. The normalized spacial score (nSPS) is 13.5. The van der Waals surface area contributed by atoms with Crippen LogP contribution in [-0.4, -0.2) is 10.5 Å². The van der Waals surface area contributed by atoms with Crippen LogP contribution in [0.2, 0.25) is 0 Å². The fourth-order valence-electron chi connectivity index (χ4n) is 4.74. The molecule has 2 atom stereocenters. The molecule has 188 valence electrons. The number of hydrogen-bond donors (Lipinski definition) is 0. The van der Waals surface area contributed by atoms with E-state index in [1.54, 1.807) is 0 Å². The van der Waals surface area contributed by atoms with E-state index in [0.29, 0.717) is 0 Å². The van der Waals surface area contributed by atoms with Gasteiger partial charge < -0.3 is 0 Å². The maximum atomic E-state index is 2.43. The van der Waals surface area contributed by atoms with Crippen molar-refractivity contribution in [1.29, 1.82) is 0 Å². The second kappa shape index (κ2) is 26.6. The van der Waals surface area contributed by atoms with Crippen LogP contribution in [-0.2, 0) is 0 Å². The van der Waals surface area contributed by atoms with Crippen LogP contribution in [0.4, 0.5) is 0 Å². The molecular weight excluding hydrogens is 392 g/mol. The number of hydrogen-bond acceptors (Lipinski definition) is 1.